The second-order valence-electron chi connectivity index (χ2n) is 6.61. The molecule has 4 rings (SSSR count). The maximum atomic E-state index is 12.3. The maximum Gasteiger partial charge on any atom is 0.316 e. The van der Waals surface area contributed by atoms with Crippen LogP contribution in [0.3, 0.4) is 0 Å². The molecule has 1 saturated carbocycles. The highest BCUT2D eigenvalue weighted by molar-refractivity contribution is 5.81. The standard InChI is InChI=1S/C16H21N3O3/c20-14(12-3-4-12)19-8-1-5-16(11-19)9-13(10-21-16)22-15-17-6-2-7-18-15/h2,6-7,12-13H,1,3-5,8-11H2/t13-,16+/m0/s1. The molecule has 118 valence electrons. The maximum absolute atomic E-state index is 12.3. The molecule has 2 saturated heterocycles. The monoisotopic (exact) mass is 303 g/mol. The molecule has 6 heteroatoms. The van der Waals surface area contributed by atoms with Crippen molar-refractivity contribution < 1.29 is 14.3 Å². The van der Waals surface area contributed by atoms with E-state index < -0.39 is 0 Å². The predicted octanol–water partition coefficient (Wildman–Crippen LogP) is 1.42. The lowest BCUT2D eigenvalue weighted by molar-refractivity contribution is -0.140. The highest BCUT2D eigenvalue weighted by atomic mass is 16.6. The number of likely N-dealkylation sites (tertiary alicyclic amines) is 1. The number of piperidine rings is 1. The van der Waals surface area contributed by atoms with E-state index in [2.05, 4.69) is 9.97 Å². The van der Waals surface area contributed by atoms with E-state index in [1.165, 1.54) is 0 Å². The first-order chi connectivity index (χ1) is 10.7. The van der Waals surface area contributed by atoms with Crippen molar-refractivity contribution in [3.63, 3.8) is 0 Å². The lowest BCUT2D eigenvalue weighted by atomic mass is 9.89. The third-order valence-electron chi connectivity index (χ3n) is 4.77. The second kappa shape index (κ2) is 5.50. The van der Waals surface area contributed by atoms with E-state index in [0.717, 1.165) is 38.6 Å². The fraction of sp³-hybridized carbons (Fsp3) is 0.688. The number of ether oxygens (including phenoxy) is 2. The molecule has 1 aromatic heterocycles. The Morgan fingerprint density at radius 1 is 1.36 bits per heavy atom. The molecule has 2 atom stereocenters. The first-order valence-electron chi connectivity index (χ1n) is 8.11. The number of amides is 1. The molecular formula is C16H21N3O3. The summed E-state index contributed by atoms with van der Waals surface area (Å²) in [6, 6.07) is 2.16. The van der Waals surface area contributed by atoms with Gasteiger partial charge in [0.1, 0.15) is 6.10 Å². The van der Waals surface area contributed by atoms with Gasteiger partial charge in [-0.1, -0.05) is 0 Å². The van der Waals surface area contributed by atoms with Gasteiger partial charge in [-0.25, -0.2) is 9.97 Å². The number of aromatic nitrogens is 2. The van der Waals surface area contributed by atoms with E-state index >= 15 is 0 Å². The van der Waals surface area contributed by atoms with Crippen LogP contribution in [0.15, 0.2) is 18.5 Å². The summed E-state index contributed by atoms with van der Waals surface area (Å²) in [4.78, 5) is 22.5. The van der Waals surface area contributed by atoms with Gasteiger partial charge in [-0.05, 0) is 31.7 Å². The van der Waals surface area contributed by atoms with Crippen LogP contribution in [0.2, 0.25) is 0 Å². The quantitative estimate of drug-likeness (QED) is 0.845. The van der Waals surface area contributed by atoms with Gasteiger partial charge >= 0.3 is 6.01 Å². The van der Waals surface area contributed by atoms with Crippen molar-refractivity contribution >= 4 is 5.91 Å². The zero-order valence-electron chi connectivity index (χ0n) is 12.6. The van der Waals surface area contributed by atoms with Gasteiger partial charge in [-0.15, -0.1) is 0 Å². The van der Waals surface area contributed by atoms with Crippen LogP contribution in [0.5, 0.6) is 6.01 Å². The molecule has 0 aromatic carbocycles. The molecule has 0 radical (unpaired) electrons. The molecule has 1 spiro atoms. The minimum Gasteiger partial charge on any atom is -0.458 e. The van der Waals surface area contributed by atoms with Crippen molar-refractivity contribution in [3.8, 4) is 6.01 Å². The van der Waals surface area contributed by atoms with Crippen LogP contribution < -0.4 is 4.74 Å². The van der Waals surface area contributed by atoms with Crippen LogP contribution in [0.1, 0.15) is 32.1 Å². The molecular weight excluding hydrogens is 282 g/mol. The number of hydrogen-bond donors (Lipinski definition) is 0. The Balaban J connectivity index is 1.39. The lowest BCUT2D eigenvalue weighted by Gasteiger charge is -2.39. The third-order valence-corrected chi connectivity index (χ3v) is 4.77. The molecule has 22 heavy (non-hydrogen) atoms. The van der Waals surface area contributed by atoms with E-state index in [1.54, 1.807) is 18.5 Å². The van der Waals surface area contributed by atoms with Crippen molar-refractivity contribution in [1.29, 1.82) is 0 Å². The van der Waals surface area contributed by atoms with Gasteiger partial charge in [0.25, 0.3) is 0 Å². The normalized spacial score (nSPS) is 31.5. The summed E-state index contributed by atoms with van der Waals surface area (Å²) in [5, 5.41) is 0. The zero-order valence-corrected chi connectivity index (χ0v) is 12.6. The third kappa shape index (κ3) is 2.79. The Morgan fingerprint density at radius 2 is 2.18 bits per heavy atom. The molecule has 6 nitrogen and oxygen atoms in total. The summed E-state index contributed by atoms with van der Waals surface area (Å²) >= 11 is 0. The Labute approximate surface area is 129 Å². The number of nitrogens with zero attached hydrogens (tertiary/aromatic N) is 3. The summed E-state index contributed by atoms with van der Waals surface area (Å²) in [5.74, 6) is 0.597. The summed E-state index contributed by atoms with van der Waals surface area (Å²) in [6.45, 7) is 2.12. The predicted molar refractivity (Wildman–Crippen MR) is 78.3 cm³/mol. The number of hydrogen-bond acceptors (Lipinski definition) is 5. The fourth-order valence-corrected chi connectivity index (χ4v) is 3.53. The highest BCUT2D eigenvalue weighted by Gasteiger charge is 2.47. The molecule has 3 fully saturated rings. The van der Waals surface area contributed by atoms with E-state index in [1.807, 2.05) is 4.90 Å². The van der Waals surface area contributed by atoms with Crippen LogP contribution in [0.4, 0.5) is 0 Å². The minimum atomic E-state index is -0.234. The first-order valence-corrected chi connectivity index (χ1v) is 8.11. The SMILES string of the molecule is O=C(C1CC1)N1CCC[C@@]2(C[C@H](Oc3ncccn3)CO2)C1. The first kappa shape index (κ1) is 13.9. The van der Waals surface area contributed by atoms with Crippen LogP contribution in [-0.2, 0) is 9.53 Å². The van der Waals surface area contributed by atoms with Crippen LogP contribution >= 0.6 is 0 Å². The second-order valence-corrected chi connectivity index (χ2v) is 6.61. The smallest absolute Gasteiger partial charge is 0.316 e. The van der Waals surface area contributed by atoms with E-state index in [9.17, 15) is 4.79 Å². The van der Waals surface area contributed by atoms with Gasteiger partial charge in [0.15, 0.2) is 0 Å². The molecule has 0 bridgehead atoms. The lowest BCUT2D eigenvalue weighted by Crippen LogP contribution is -2.50. The van der Waals surface area contributed by atoms with Gasteiger partial charge in [0, 0.05) is 37.8 Å². The molecule has 2 aliphatic heterocycles. The van der Waals surface area contributed by atoms with Crippen LogP contribution in [0, 0.1) is 5.92 Å². The Kier molecular flexibility index (Phi) is 3.48. The largest absolute Gasteiger partial charge is 0.458 e. The van der Waals surface area contributed by atoms with E-state index in [-0.39, 0.29) is 17.6 Å². The molecule has 3 heterocycles. The van der Waals surface area contributed by atoms with Crippen molar-refractivity contribution in [2.24, 2.45) is 5.92 Å². The van der Waals surface area contributed by atoms with Crippen LogP contribution in [-0.4, -0.2) is 52.2 Å². The Morgan fingerprint density at radius 3 is 2.95 bits per heavy atom. The number of carbonyl (C=O) groups is 1. The van der Waals surface area contributed by atoms with Gasteiger partial charge in [0.2, 0.25) is 5.91 Å². The summed E-state index contributed by atoms with van der Waals surface area (Å²) in [7, 11) is 0. The number of carbonyl (C=O) groups excluding carboxylic acids is 1. The Bertz CT molecular complexity index is 549. The minimum absolute atomic E-state index is 0.0293. The van der Waals surface area contributed by atoms with E-state index in [0.29, 0.717) is 25.1 Å². The summed E-state index contributed by atoms with van der Waals surface area (Å²) in [6.07, 6.45) is 8.23. The summed E-state index contributed by atoms with van der Waals surface area (Å²) in [5.41, 5.74) is -0.234. The molecule has 0 N–H and O–H groups in total. The van der Waals surface area contributed by atoms with Crippen molar-refractivity contribution in [1.82, 2.24) is 14.9 Å². The average Bonchev–Trinajstić information content (AvgIpc) is 3.33. The zero-order chi connectivity index (χ0) is 15.0. The van der Waals surface area contributed by atoms with Crippen molar-refractivity contribution in [2.75, 3.05) is 19.7 Å². The molecule has 1 aliphatic carbocycles. The molecule has 1 amide bonds. The van der Waals surface area contributed by atoms with Gasteiger partial charge < -0.3 is 14.4 Å². The van der Waals surface area contributed by atoms with Crippen molar-refractivity contribution in [2.45, 2.75) is 43.8 Å². The summed E-state index contributed by atoms with van der Waals surface area (Å²) < 4.78 is 11.9. The topological polar surface area (TPSA) is 64.6 Å². The van der Waals surface area contributed by atoms with Gasteiger partial charge in [-0.3, -0.25) is 4.79 Å². The van der Waals surface area contributed by atoms with Crippen LogP contribution in [0.25, 0.3) is 0 Å². The Hall–Kier alpha value is -1.69. The molecule has 1 aromatic rings. The van der Waals surface area contributed by atoms with Gasteiger partial charge in [0.05, 0.1) is 12.2 Å². The van der Waals surface area contributed by atoms with E-state index in [4.69, 9.17) is 9.47 Å². The number of rotatable bonds is 3. The van der Waals surface area contributed by atoms with Gasteiger partial charge in [-0.2, -0.15) is 0 Å². The molecule has 0 unspecified atom stereocenters. The highest BCUT2D eigenvalue weighted by Crippen LogP contribution is 2.38. The fourth-order valence-electron chi connectivity index (χ4n) is 3.53. The molecule has 3 aliphatic rings. The average molecular weight is 303 g/mol. The van der Waals surface area contributed by atoms with Crippen molar-refractivity contribution in [3.05, 3.63) is 18.5 Å².